The number of amides is 1. The zero-order chi connectivity index (χ0) is 27.5. The quantitative estimate of drug-likeness (QED) is 0.335. The number of nitrogens with zero attached hydrogens (tertiary/aromatic N) is 3. The van der Waals surface area contributed by atoms with Gasteiger partial charge in [0.05, 0.1) is 23.2 Å². The van der Waals surface area contributed by atoms with Crippen LogP contribution in [0, 0.1) is 5.41 Å². The first-order valence-corrected chi connectivity index (χ1v) is 13.2. The molecule has 3 N–H and O–H groups in total. The van der Waals surface area contributed by atoms with Crippen LogP contribution in [0.1, 0.15) is 62.0 Å². The molecule has 12 heteroatoms. The maximum Gasteiger partial charge on any atom is 0.433 e. The van der Waals surface area contributed by atoms with Crippen molar-refractivity contribution in [1.29, 1.82) is 0 Å². The summed E-state index contributed by atoms with van der Waals surface area (Å²) in [5, 5.41) is 21.5. The van der Waals surface area contributed by atoms with Crippen molar-refractivity contribution >= 4 is 45.7 Å². The summed E-state index contributed by atoms with van der Waals surface area (Å²) >= 11 is 12.4. The van der Waals surface area contributed by atoms with Gasteiger partial charge in [0, 0.05) is 34.4 Å². The minimum Gasteiger partial charge on any atom is -0.389 e. The third kappa shape index (κ3) is 6.02. The summed E-state index contributed by atoms with van der Waals surface area (Å²) in [6.45, 7) is 3.43. The van der Waals surface area contributed by atoms with Crippen LogP contribution < -0.4 is 10.6 Å². The minimum absolute atomic E-state index is 0.0378. The summed E-state index contributed by atoms with van der Waals surface area (Å²) in [5.74, 6) is -0.376. The zero-order valence-electron chi connectivity index (χ0n) is 20.9. The fourth-order valence-corrected chi connectivity index (χ4v) is 5.82. The summed E-state index contributed by atoms with van der Waals surface area (Å²) in [6.07, 6.45) is 0.997. The molecule has 2 saturated carbocycles. The van der Waals surface area contributed by atoms with Gasteiger partial charge in [0.15, 0.2) is 5.15 Å². The van der Waals surface area contributed by atoms with E-state index < -0.39 is 17.5 Å². The molecule has 2 fully saturated rings. The highest BCUT2D eigenvalue weighted by Gasteiger charge is 2.49. The number of benzene rings is 1. The second-order valence-corrected chi connectivity index (χ2v) is 12.0. The van der Waals surface area contributed by atoms with Gasteiger partial charge in [-0.2, -0.15) is 18.3 Å². The molecule has 2 atom stereocenters. The summed E-state index contributed by atoms with van der Waals surface area (Å²) in [5.41, 5.74) is -1.25. The van der Waals surface area contributed by atoms with Crippen molar-refractivity contribution in [3.05, 3.63) is 51.9 Å². The Hall–Kier alpha value is -2.56. The van der Waals surface area contributed by atoms with E-state index in [1.165, 1.54) is 23.0 Å². The molecule has 204 valence electrons. The Morgan fingerprint density at radius 3 is 2.55 bits per heavy atom. The molecule has 0 radical (unpaired) electrons. The Morgan fingerprint density at radius 1 is 1.18 bits per heavy atom. The Bertz CT molecular complexity index is 1380. The van der Waals surface area contributed by atoms with Gasteiger partial charge in [0.1, 0.15) is 5.69 Å². The number of halogens is 5. The van der Waals surface area contributed by atoms with E-state index >= 15 is 0 Å². The highest BCUT2D eigenvalue weighted by Crippen LogP contribution is 2.56. The van der Waals surface area contributed by atoms with Gasteiger partial charge < -0.3 is 15.7 Å². The highest BCUT2D eigenvalue weighted by molar-refractivity contribution is 6.32. The average molecular weight is 570 g/mol. The van der Waals surface area contributed by atoms with Crippen molar-refractivity contribution in [1.82, 2.24) is 20.1 Å². The number of carbonyl (C=O) groups excluding carboxylic acids is 1. The predicted octanol–water partition coefficient (Wildman–Crippen LogP) is 6.07. The van der Waals surface area contributed by atoms with Crippen molar-refractivity contribution in [2.24, 2.45) is 5.41 Å². The van der Waals surface area contributed by atoms with Crippen molar-refractivity contribution in [2.75, 3.05) is 5.32 Å². The summed E-state index contributed by atoms with van der Waals surface area (Å²) < 4.78 is 42.2. The molecule has 38 heavy (non-hydrogen) atoms. The van der Waals surface area contributed by atoms with E-state index in [0.29, 0.717) is 22.5 Å². The van der Waals surface area contributed by atoms with E-state index in [1.807, 2.05) is 0 Å². The van der Waals surface area contributed by atoms with Gasteiger partial charge >= 0.3 is 6.18 Å². The average Bonchev–Trinajstić information content (AvgIpc) is 3.41. The molecule has 1 aromatic carbocycles. The van der Waals surface area contributed by atoms with Gasteiger partial charge in [-0.1, -0.05) is 23.2 Å². The zero-order valence-corrected chi connectivity index (χ0v) is 22.4. The highest BCUT2D eigenvalue weighted by atomic mass is 35.5. The molecule has 3 aromatic rings. The molecule has 0 aliphatic heterocycles. The van der Waals surface area contributed by atoms with Crippen LogP contribution in [0.3, 0.4) is 0 Å². The van der Waals surface area contributed by atoms with Crippen molar-refractivity contribution < 1.29 is 23.1 Å². The lowest BCUT2D eigenvalue weighted by Gasteiger charge is -2.37. The number of nitrogens with one attached hydrogen (secondary N) is 2. The van der Waals surface area contributed by atoms with Crippen LogP contribution in [-0.2, 0) is 12.7 Å². The second-order valence-electron chi connectivity index (χ2n) is 11.2. The molecule has 0 saturated heterocycles. The molecule has 2 aliphatic rings. The first-order valence-electron chi connectivity index (χ1n) is 12.4. The molecule has 7 nitrogen and oxygen atoms in total. The molecular formula is C26H28Cl2F3N5O2. The Balaban J connectivity index is 1.37. The summed E-state index contributed by atoms with van der Waals surface area (Å²) in [4.78, 5) is 16.9. The fraction of sp³-hybridized carbons (Fsp3) is 0.500. The minimum atomic E-state index is -4.60. The van der Waals surface area contributed by atoms with Crippen LogP contribution in [0.15, 0.2) is 30.5 Å². The van der Waals surface area contributed by atoms with Crippen LogP contribution in [-0.4, -0.2) is 43.5 Å². The number of aliphatic hydroxyl groups is 1. The molecule has 2 aliphatic carbocycles. The Morgan fingerprint density at radius 2 is 1.89 bits per heavy atom. The number of aromatic nitrogens is 3. The largest absolute Gasteiger partial charge is 0.433 e. The van der Waals surface area contributed by atoms with Crippen molar-refractivity contribution in [2.45, 2.75) is 76.4 Å². The van der Waals surface area contributed by atoms with E-state index in [9.17, 15) is 23.1 Å². The fourth-order valence-electron chi connectivity index (χ4n) is 5.42. The third-order valence-corrected chi connectivity index (χ3v) is 7.67. The lowest BCUT2D eigenvalue weighted by molar-refractivity contribution is -0.140. The first-order chi connectivity index (χ1) is 17.7. The van der Waals surface area contributed by atoms with E-state index in [1.54, 1.807) is 19.9 Å². The number of anilines is 1. The molecule has 2 heterocycles. The maximum absolute atomic E-state index is 13.6. The third-order valence-electron chi connectivity index (χ3n) is 7.15. The predicted molar refractivity (Wildman–Crippen MR) is 139 cm³/mol. The molecule has 0 unspecified atom stereocenters. The molecule has 5 rings (SSSR count). The van der Waals surface area contributed by atoms with Crippen LogP contribution in [0.25, 0.3) is 10.9 Å². The lowest BCUT2D eigenvalue weighted by Crippen LogP contribution is -2.45. The number of hydrogen-bond acceptors (Lipinski definition) is 5. The Kier molecular flexibility index (Phi) is 6.81. The Labute approximate surface area is 227 Å². The number of carbonyl (C=O) groups is 1. The smallest absolute Gasteiger partial charge is 0.389 e. The normalized spacial score (nSPS) is 21.1. The monoisotopic (exact) mass is 569 g/mol. The molecule has 1 spiro atoms. The van der Waals surface area contributed by atoms with E-state index in [0.717, 1.165) is 31.7 Å². The topological polar surface area (TPSA) is 92.1 Å². The number of rotatable bonds is 6. The van der Waals surface area contributed by atoms with E-state index in [2.05, 4.69) is 20.7 Å². The van der Waals surface area contributed by atoms with Gasteiger partial charge in [0.2, 0.25) is 0 Å². The van der Waals surface area contributed by atoms with Gasteiger partial charge in [-0.15, -0.1) is 0 Å². The lowest BCUT2D eigenvalue weighted by atomic mass is 9.79. The molecule has 0 bridgehead atoms. The van der Waals surface area contributed by atoms with Gasteiger partial charge in [-0.3, -0.25) is 9.48 Å². The number of pyridine rings is 1. The van der Waals surface area contributed by atoms with Crippen LogP contribution in [0.5, 0.6) is 0 Å². The van der Waals surface area contributed by atoms with Crippen molar-refractivity contribution in [3.8, 4) is 0 Å². The molecule has 1 amide bonds. The van der Waals surface area contributed by atoms with Crippen LogP contribution in [0.4, 0.5) is 18.9 Å². The molecule has 2 aromatic heterocycles. The number of alkyl halides is 3. The number of fused-ring (bicyclic) bond motifs is 1. The SMILES string of the molecule is CC(C)(O)Cn1cc(C(=O)N[C@@H]2C[C@H](Nc3cc(C(F)(F)F)nc4ccc(Cl)cc34)CC3(CC3)C2)c(Cl)n1. The maximum atomic E-state index is 13.6. The van der Waals surface area contributed by atoms with Gasteiger partial charge in [-0.05, 0) is 75.6 Å². The standard InChI is InChI=1S/C26H28Cl2F3N5O2/c1-24(2,38)13-36-12-18(22(28)35-36)23(37)33-16-8-15(10-25(11-16)5-6-25)32-20-9-21(26(29,30)31)34-19-4-3-14(27)7-17(19)20/h3-4,7,9,12,15-16,38H,5-6,8,10-11,13H2,1-2H3,(H,32,34)(H,33,37)/t15-,16+/m0/s1. The van der Waals surface area contributed by atoms with Crippen molar-refractivity contribution in [3.63, 3.8) is 0 Å². The van der Waals surface area contributed by atoms with Gasteiger partial charge in [0.25, 0.3) is 5.91 Å². The van der Waals surface area contributed by atoms with E-state index in [-0.39, 0.29) is 46.2 Å². The summed E-state index contributed by atoms with van der Waals surface area (Å²) in [7, 11) is 0. The summed E-state index contributed by atoms with van der Waals surface area (Å²) in [6, 6.07) is 5.25. The van der Waals surface area contributed by atoms with Crippen LogP contribution >= 0.6 is 23.2 Å². The first kappa shape index (κ1) is 27.0. The molecular weight excluding hydrogens is 542 g/mol. The van der Waals surface area contributed by atoms with Crippen LogP contribution in [0.2, 0.25) is 10.2 Å². The van der Waals surface area contributed by atoms with E-state index in [4.69, 9.17) is 23.2 Å². The number of hydrogen-bond donors (Lipinski definition) is 3. The second kappa shape index (κ2) is 9.57. The van der Waals surface area contributed by atoms with Gasteiger partial charge in [-0.25, -0.2) is 4.98 Å².